The minimum atomic E-state index is -4.97. The molecular formula is C25H42N6O14S. The summed E-state index contributed by atoms with van der Waals surface area (Å²) < 4.78 is 74.8. The third kappa shape index (κ3) is 11.7. The van der Waals surface area contributed by atoms with E-state index in [1.807, 2.05) is 0 Å². The van der Waals surface area contributed by atoms with Crippen molar-refractivity contribution >= 4 is 28.2 Å². The third-order valence-corrected chi connectivity index (χ3v) is 6.84. The highest BCUT2D eigenvalue weighted by Crippen LogP contribution is 2.44. The van der Waals surface area contributed by atoms with E-state index in [9.17, 15) is 18.0 Å². The number of carbonyl (C=O) groups is 2. The highest BCUT2D eigenvalue weighted by Gasteiger charge is 2.53. The Morgan fingerprint density at radius 1 is 0.957 bits per heavy atom. The van der Waals surface area contributed by atoms with Crippen LogP contribution in [0.15, 0.2) is 11.2 Å². The highest BCUT2D eigenvalue weighted by molar-refractivity contribution is 7.80. The topological polar surface area (TPSA) is 220 Å². The molecular weight excluding hydrogens is 640 g/mol. The van der Waals surface area contributed by atoms with Gasteiger partial charge in [-0.3, -0.25) is 14.2 Å². The van der Waals surface area contributed by atoms with Crippen LogP contribution < -0.4 is 5.48 Å². The summed E-state index contributed by atoms with van der Waals surface area (Å²) in [5.74, 6) is -0.714. The molecule has 0 radical (unpaired) electrons. The first-order valence-electron chi connectivity index (χ1n) is 14.3. The predicted octanol–water partition coefficient (Wildman–Crippen LogP) is -1.19. The van der Waals surface area contributed by atoms with Crippen LogP contribution in [-0.2, 0) is 64.5 Å². The molecule has 21 heteroatoms. The Bertz CT molecular complexity index is 1230. The van der Waals surface area contributed by atoms with Crippen LogP contribution in [-0.4, -0.2) is 157 Å². The molecule has 1 aromatic heterocycles. The van der Waals surface area contributed by atoms with Gasteiger partial charge < -0.3 is 42.9 Å². The number of rotatable bonds is 23. The number of hydroxylamine groups is 3. The molecule has 2 amide bonds. The Balaban J connectivity index is 1.25. The van der Waals surface area contributed by atoms with Gasteiger partial charge in [0.1, 0.15) is 18.7 Å². The Morgan fingerprint density at radius 3 is 1.98 bits per heavy atom. The van der Waals surface area contributed by atoms with Gasteiger partial charge in [0, 0.05) is 26.8 Å². The second-order valence-corrected chi connectivity index (χ2v) is 10.6. The normalized spacial score (nSPS) is 17.9. The van der Waals surface area contributed by atoms with E-state index in [4.69, 9.17) is 42.5 Å². The van der Waals surface area contributed by atoms with Crippen LogP contribution in [0.3, 0.4) is 0 Å². The van der Waals surface area contributed by atoms with Crippen LogP contribution in [0.4, 0.5) is 4.79 Å². The minimum Gasteiger partial charge on any atom is -0.382 e. The molecule has 1 saturated heterocycles. The van der Waals surface area contributed by atoms with Crippen LogP contribution in [0.5, 0.6) is 0 Å². The fraction of sp³-hybridized carbons (Fsp3) is 0.760. The molecule has 0 unspecified atom stereocenters. The van der Waals surface area contributed by atoms with E-state index in [2.05, 4.69) is 19.9 Å². The highest BCUT2D eigenvalue weighted by atomic mass is 32.3. The first kappa shape index (κ1) is 37.5. The zero-order valence-electron chi connectivity index (χ0n) is 26.0. The number of amides is 2. The van der Waals surface area contributed by atoms with Crippen molar-refractivity contribution in [2.24, 2.45) is 12.0 Å². The lowest BCUT2D eigenvalue weighted by molar-refractivity contribution is -0.154. The average Bonchev–Trinajstić information content (AvgIpc) is 3.53. The quantitative estimate of drug-likeness (QED) is 0.0456. The summed E-state index contributed by atoms with van der Waals surface area (Å²) in [6.45, 7) is 4.51. The monoisotopic (exact) mass is 682 g/mol. The first-order valence-corrected chi connectivity index (χ1v) is 15.7. The smallest absolute Gasteiger partial charge is 0.382 e. The van der Waals surface area contributed by atoms with Crippen LogP contribution >= 0.6 is 0 Å². The predicted molar refractivity (Wildman–Crippen MR) is 155 cm³/mol. The number of ether oxygens (including phenoxy) is 7. The summed E-state index contributed by atoms with van der Waals surface area (Å²) in [4.78, 5) is 35.7. The van der Waals surface area contributed by atoms with Gasteiger partial charge in [-0.1, -0.05) is 0 Å². The molecule has 3 rings (SSSR count). The Morgan fingerprint density at radius 2 is 1.48 bits per heavy atom. The average molecular weight is 683 g/mol. The van der Waals surface area contributed by atoms with E-state index in [-0.39, 0.29) is 25.6 Å². The number of nitrogens with one attached hydrogen (secondary N) is 1. The van der Waals surface area contributed by atoms with Crippen LogP contribution in [0, 0.1) is 0 Å². The van der Waals surface area contributed by atoms with Gasteiger partial charge >= 0.3 is 22.4 Å². The summed E-state index contributed by atoms with van der Waals surface area (Å²) in [6, 6.07) is -2.64. The maximum absolute atomic E-state index is 13.0. The molecule has 1 fully saturated rings. The number of aryl methyl sites for hydroxylation is 1. The zero-order valence-corrected chi connectivity index (χ0v) is 26.8. The summed E-state index contributed by atoms with van der Waals surface area (Å²) in [5, 5.41) is 4.74. The molecule has 2 bridgehead atoms. The Hall–Kier alpha value is -2.99. The largest absolute Gasteiger partial charge is 0.418 e. The lowest BCUT2D eigenvalue weighted by atomic mass is 9.97. The van der Waals surface area contributed by atoms with Gasteiger partial charge in [-0.2, -0.15) is 18.6 Å². The minimum absolute atomic E-state index is 0.00317. The zero-order chi connectivity index (χ0) is 33.4. The molecule has 0 spiro atoms. The van der Waals surface area contributed by atoms with E-state index in [0.717, 1.165) is 0 Å². The summed E-state index contributed by atoms with van der Waals surface area (Å²) >= 11 is 0. The van der Waals surface area contributed by atoms with E-state index < -0.39 is 41.1 Å². The van der Waals surface area contributed by atoms with Crippen molar-refractivity contribution in [1.29, 1.82) is 0 Å². The Kier molecular flexibility index (Phi) is 16.0. The van der Waals surface area contributed by atoms with Crippen LogP contribution in [0.25, 0.3) is 0 Å². The molecule has 0 aliphatic carbocycles. The van der Waals surface area contributed by atoms with Gasteiger partial charge in [0.2, 0.25) is 0 Å². The number of methoxy groups -OCH3 is 1. The molecule has 3 heterocycles. The molecule has 262 valence electrons. The number of nitrogens with zero attached hydrogens (tertiary/aromatic N) is 5. The number of amidine groups is 1. The molecule has 2 N–H and O–H groups in total. The number of aromatic nitrogens is 2. The molecule has 46 heavy (non-hydrogen) atoms. The molecule has 2 aliphatic rings. The molecule has 2 atom stereocenters. The Labute approximate surface area is 266 Å². The number of fused-ring (bicyclic) bond motifs is 4. The lowest BCUT2D eigenvalue weighted by Gasteiger charge is -2.31. The number of carbonyl (C=O) groups excluding carboxylic acids is 2. The van der Waals surface area contributed by atoms with Gasteiger partial charge in [-0.05, 0) is 0 Å². The van der Waals surface area contributed by atoms with Gasteiger partial charge in [-0.15, -0.1) is 4.28 Å². The van der Waals surface area contributed by atoms with Crippen molar-refractivity contribution in [2.45, 2.75) is 12.1 Å². The standard InChI is InChI=1S/C25H42N6O14S/c1-26-24(23-22-19(16-27-29(22)2)20-17-30(23)25(33)31(20)45-46(34,35)36)28-44-21(32)18-43-15-14-42-13-12-41-11-10-40-9-8-39-7-6-38-5-4-37-3/h16,20,23H,4-15,17-18H2,1-3H3,(H,26,28)(H,34,35,36)/t20-,23-/m0/s1. The van der Waals surface area contributed by atoms with Crippen molar-refractivity contribution in [3.05, 3.63) is 17.5 Å². The van der Waals surface area contributed by atoms with E-state index in [0.29, 0.717) is 82.4 Å². The fourth-order valence-electron chi connectivity index (χ4n) is 4.46. The van der Waals surface area contributed by atoms with Crippen LogP contribution in [0.2, 0.25) is 0 Å². The van der Waals surface area contributed by atoms with E-state index in [1.54, 1.807) is 14.2 Å². The van der Waals surface area contributed by atoms with Crippen molar-refractivity contribution < 1.29 is 64.8 Å². The summed E-state index contributed by atoms with van der Waals surface area (Å²) in [6.07, 6.45) is 1.45. The molecule has 2 aliphatic heterocycles. The SMILES string of the molecule is CN=C(NOC(=O)COCCOCCOCCOCCOCCOCCOC)[C@@H]1c2c(cnn2C)[C@@H]2CN1C(=O)N2OS(=O)(=O)O. The first-order chi connectivity index (χ1) is 22.2. The number of aliphatic imine (C=N–C) groups is 1. The van der Waals surface area contributed by atoms with Crippen LogP contribution in [0.1, 0.15) is 23.3 Å². The van der Waals surface area contributed by atoms with Gasteiger partial charge in [0.15, 0.2) is 5.84 Å². The van der Waals surface area contributed by atoms with Crippen molar-refractivity contribution in [3.63, 3.8) is 0 Å². The van der Waals surface area contributed by atoms with Gasteiger partial charge in [-0.25, -0.2) is 15.1 Å². The second kappa shape index (κ2) is 19.6. The molecule has 1 aromatic rings. The van der Waals surface area contributed by atoms with Gasteiger partial charge in [0.05, 0.1) is 97.7 Å². The van der Waals surface area contributed by atoms with Crippen molar-refractivity contribution in [3.8, 4) is 0 Å². The lowest BCUT2D eigenvalue weighted by Crippen LogP contribution is -2.45. The van der Waals surface area contributed by atoms with Gasteiger partial charge in [0.25, 0.3) is 0 Å². The number of hydrogen-bond donors (Lipinski definition) is 2. The second-order valence-electron chi connectivity index (χ2n) is 9.58. The number of urea groups is 1. The fourth-order valence-corrected chi connectivity index (χ4v) is 4.83. The molecule has 0 aromatic carbocycles. The third-order valence-electron chi connectivity index (χ3n) is 6.49. The summed E-state index contributed by atoms with van der Waals surface area (Å²) in [5.41, 5.74) is 3.40. The molecule has 0 saturated carbocycles. The van der Waals surface area contributed by atoms with Crippen molar-refractivity contribution in [1.82, 2.24) is 25.2 Å². The summed E-state index contributed by atoms with van der Waals surface area (Å²) in [7, 11) is -0.323. The molecule has 20 nitrogen and oxygen atoms in total. The van der Waals surface area contributed by atoms with E-state index >= 15 is 0 Å². The van der Waals surface area contributed by atoms with E-state index in [1.165, 1.54) is 22.8 Å². The number of hydrogen-bond acceptors (Lipinski definition) is 15. The maximum atomic E-state index is 13.0. The van der Waals surface area contributed by atoms with Crippen molar-refractivity contribution in [2.75, 3.05) is 107 Å². The maximum Gasteiger partial charge on any atom is 0.418 e.